The standard InChI is InChI=1S/C19H23NO5S/c1-14(23-11-17-8-5-9-22-17)19(21)25-10-15-13-26-18(20-15)12-24-16-6-3-2-4-7-16/h2-4,6-7,13-14,17H,5,8-12H2,1H3. The molecule has 2 unspecified atom stereocenters. The molecule has 2 atom stereocenters. The summed E-state index contributed by atoms with van der Waals surface area (Å²) in [7, 11) is 0. The lowest BCUT2D eigenvalue weighted by Gasteiger charge is -2.15. The van der Waals surface area contributed by atoms with Crippen molar-refractivity contribution in [3.63, 3.8) is 0 Å². The molecule has 7 heteroatoms. The monoisotopic (exact) mass is 377 g/mol. The maximum Gasteiger partial charge on any atom is 0.335 e. The normalized spacial score (nSPS) is 17.8. The summed E-state index contributed by atoms with van der Waals surface area (Å²) < 4.78 is 21.9. The molecule has 1 aliphatic heterocycles. The number of nitrogens with zero attached hydrogens (tertiary/aromatic N) is 1. The maximum atomic E-state index is 12.0. The molecule has 6 nitrogen and oxygen atoms in total. The van der Waals surface area contributed by atoms with Crippen molar-refractivity contribution in [1.29, 1.82) is 0 Å². The second-order valence-electron chi connectivity index (χ2n) is 6.05. The van der Waals surface area contributed by atoms with E-state index in [2.05, 4.69) is 4.98 Å². The van der Waals surface area contributed by atoms with Gasteiger partial charge in [-0.05, 0) is 31.9 Å². The quantitative estimate of drug-likeness (QED) is 0.625. The summed E-state index contributed by atoms with van der Waals surface area (Å²) in [6.07, 6.45) is 1.51. The Morgan fingerprint density at radius 1 is 1.35 bits per heavy atom. The average Bonchev–Trinajstić information content (AvgIpc) is 3.35. The first kappa shape index (κ1) is 18.8. The van der Waals surface area contributed by atoms with Crippen LogP contribution in [0.2, 0.25) is 0 Å². The fourth-order valence-corrected chi connectivity index (χ4v) is 3.19. The number of rotatable bonds is 9. The number of hydrogen-bond acceptors (Lipinski definition) is 7. The molecule has 0 aliphatic carbocycles. The van der Waals surface area contributed by atoms with Gasteiger partial charge in [0, 0.05) is 12.0 Å². The molecule has 1 aliphatic rings. The van der Waals surface area contributed by atoms with Crippen molar-refractivity contribution in [2.45, 2.75) is 45.2 Å². The minimum atomic E-state index is -0.612. The van der Waals surface area contributed by atoms with Crippen LogP contribution >= 0.6 is 11.3 Å². The fourth-order valence-electron chi connectivity index (χ4n) is 2.50. The highest BCUT2D eigenvalue weighted by molar-refractivity contribution is 7.09. The van der Waals surface area contributed by atoms with E-state index in [4.69, 9.17) is 18.9 Å². The van der Waals surface area contributed by atoms with Crippen LogP contribution in [0.3, 0.4) is 0 Å². The van der Waals surface area contributed by atoms with Crippen LogP contribution in [0.5, 0.6) is 5.75 Å². The van der Waals surface area contributed by atoms with Crippen LogP contribution in [0.25, 0.3) is 0 Å². The molecule has 2 heterocycles. The second-order valence-corrected chi connectivity index (χ2v) is 7.00. The Morgan fingerprint density at radius 3 is 2.96 bits per heavy atom. The third kappa shape index (κ3) is 5.79. The number of ether oxygens (including phenoxy) is 4. The van der Waals surface area contributed by atoms with Crippen LogP contribution in [0, 0.1) is 0 Å². The molecular formula is C19H23NO5S. The van der Waals surface area contributed by atoms with Gasteiger partial charge in [-0.3, -0.25) is 0 Å². The van der Waals surface area contributed by atoms with Crippen molar-refractivity contribution in [2.24, 2.45) is 0 Å². The predicted molar refractivity (Wildman–Crippen MR) is 97.1 cm³/mol. The van der Waals surface area contributed by atoms with Crippen molar-refractivity contribution in [1.82, 2.24) is 4.98 Å². The van der Waals surface area contributed by atoms with Gasteiger partial charge in [0.2, 0.25) is 0 Å². The van der Waals surface area contributed by atoms with Crippen LogP contribution in [0.4, 0.5) is 0 Å². The summed E-state index contributed by atoms with van der Waals surface area (Å²) >= 11 is 1.48. The average molecular weight is 377 g/mol. The second kappa shape index (κ2) is 9.66. The van der Waals surface area contributed by atoms with Gasteiger partial charge in [-0.1, -0.05) is 18.2 Å². The van der Waals surface area contributed by atoms with Gasteiger partial charge in [0.25, 0.3) is 0 Å². The van der Waals surface area contributed by atoms with Gasteiger partial charge in [-0.25, -0.2) is 9.78 Å². The van der Waals surface area contributed by atoms with Gasteiger partial charge in [0.1, 0.15) is 24.0 Å². The zero-order valence-electron chi connectivity index (χ0n) is 14.8. The minimum absolute atomic E-state index is 0.0935. The molecule has 0 bridgehead atoms. The molecule has 0 radical (unpaired) electrons. The van der Waals surface area contributed by atoms with Crippen LogP contribution in [0.1, 0.15) is 30.5 Å². The maximum absolute atomic E-state index is 12.0. The number of thiazole rings is 1. The molecule has 0 N–H and O–H groups in total. The topological polar surface area (TPSA) is 66.9 Å². The third-order valence-electron chi connectivity index (χ3n) is 3.96. The molecular weight excluding hydrogens is 354 g/mol. The first-order valence-corrected chi connectivity index (χ1v) is 9.59. The summed E-state index contributed by atoms with van der Waals surface area (Å²) in [6.45, 7) is 3.41. The lowest BCUT2D eigenvalue weighted by molar-refractivity contribution is -0.159. The van der Waals surface area contributed by atoms with Gasteiger partial charge in [-0.2, -0.15) is 0 Å². The number of carbonyl (C=O) groups is 1. The number of aromatic nitrogens is 1. The number of benzene rings is 1. The fraction of sp³-hybridized carbons (Fsp3) is 0.474. The SMILES string of the molecule is CC(OCC1CCCO1)C(=O)OCc1csc(COc2ccccc2)n1. The summed E-state index contributed by atoms with van der Waals surface area (Å²) in [6, 6.07) is 9.57. The Kier molecular flexibility index (Phi) is 6.99. The summed E-state index contributed by atoms with van der Waals surface area (Å²) in [5.41, 5.74) is 0.710. The van der Waals surface area contributed by atoms with E-state index in [1.54, 1.807) is 6.92 Å². The zero-order chi connectivity index (χ0) is 18.2. The van der Waals surface area contributed by atoms with Crippen LogP contribution in [0.15, 0.2) is 35.7 Å². The van der Waals surface area contributed by atoms with Crippen LogP contribution < -0.4 is 4.74 Å². The Hall–Kier alpha value is -1.96. The van der Waals surface area contributed by atoms with Crippen LogP contribution in [-0.2, 0) is 32.2 Å². The summed E-state index contributed by atoms with van der Waals surface area (Å²) in [4.78, 5) is 16.4. The molecule has 1 saturated heterocycles. The van der Waals surface area contributed by atoms with E-state index in [0.717, 1.165) is 30.2 Å². The van der Waals surface area contributed by atoms with E-state index >= 15 is 0 Å². The molecule has 0 spiro atoms. The third-order valence-corrected chi connectivity index (χ3v) is 4.83. The van der Waals surface area contributed by atoms with E-state index in [1.165, 1.54) is 11.3 Å². The van der Waals surface area contributed by atoms with Crippen molar-refractivity contribution in [2.75, 3.05) is 13.2 Å². The largest absolute Gasteiger partial charge is 0.486 e. The molecule has 0 saturated carbocycles. The summed E-state index contributed by atoms with van der Waals surface area (Å²) in [5.74, 6) is 0.408. The Labute approximate surface area is 157 Å². The number of para-hydroxylation sites is 1. The molecule has 140 valence electrons. The lowest BCUT2D eigenvalue weighted by atomic mass is 10.2. The smallest absolute Gasteiger partial charge is 0.335 e. The van der Waals surface area contributed by atoms with Gasteiger partial charge >= 0.3 is 5.97 Å². The van der Waals surface area contributed by atoms with Gasteiger partial charge in [0.15, 0.2) is 6.10 Å². The van der Waals surface area contributed by atoms with Crippen LogP contribution in [-0.4, -0.2) is 36.4 Å². The lowest BCUT2D eigenvalue weighted by Crippen LogP contribution is -2.27. The van der Waals surface area contributed by atoms with E-state index in [9.17, 15) is 4.79 Å². The number of esters is 1. The zero-order valence-corrected chi connectivity index (χ0v) is 15.6. The molecule has 1 aromatic heterocycles. The molecule has 1 aromatic carbocycles. The Balaban J connectivity index is 1.37. The highest BCUT2D eigenvalue weighted by atomic mass is 32.1. The number of carbonyl (C=O) groups excluding carboxylic acids is 1. The molecule has 3 rings (SSSR count). The summed E-state index contributed by atoms with van der Waals surface area (Å²) in [5, 5.41) is 2.71. The van der Waals surface area contributed by atoms with E-state index in [-0.39, 0.29) is 12.7 Å². The first-order valence-electron chi connectivity index (χ1n) is 8.71. The van der Waals surface area contributed by atoms with Crippen molar-refractivity contribution in [3.05, 3.63) is 46.4 Å². The van der Waals surface area contributed by atoms with Gasteiger partial charge in [-0.15, -0.1) is 11.3 Å². The molecule has 1 fully saturated rings. The van der Waals surface area contributed by atoms with Crippen molar-refractivity contribution < 1.29 is 23.7 Å². The van der Waals surface area contributed by atoms with Gasteiger partial charge < -0.3 is 18.9 Å². The van der Waals surface area contributed by atoms with E-state index < -0.39 is 12.1 Å². The number of hydrogen-bond donors (Lipinski definition) is 0. The first-order chi connectivity index (χ1) is 12.7. The predicted octanol–water partition coefficient (Wildman–Crippen LogP) is 3.35. The highest BCUT2D eigenvalue weighted by Gasteiger charge is 2.21. The Morgan fingerprint density at radius 2 is 2.19 bits per heavy atom. The molecule has 26 heavy (non-hydrogen) atoms. The van der Waals surface area contributed by atoms with Crippen molar-refractivity contribution >= 4 is 17.3 Å². The van der Waals surface area contributed by atoms with Gasteiger partial charge in [0.05, 0.1) is 18.4 Å². The van der Waals surface area contributed by atoms with E-state index in [1.807, 2.05) is 35.7 Å². The molecule has 2 aromatic rings. The Bertz CT molecular complexity index is 684. The highest BCUT2D eigenvalue weighted by Crippen LogP contribution is 2.16. The van der Waals surface area contributed by atoms with Crippen molar-refractivity contribution in [3.8, 4) is 5.75 Å². The minimum Gasteiger partial charge on any atom is -0.486 e. The molecule has 0 amide bonds. The van der Waals surface area contributed by atoms with E-state index in [0.29, 0.717) is 18.9 Å².